The average molecular weight is 511 g/mol. The van der Waals surface area contributed by atoms with Crippen LogP contribution in [0.25, 0.3) is 11.3 Å². The Balaban J connectivity index is 1.43. The first-order chi connectivity index (χ1) is 17.1. The Kier molecular flexibility index (Phi) is 6.67. The van der Waals surface area contributed by atoms with Crippen LogP contribution in [-0.4, -0.2) is 76.8 Å². The summed E-state index contributed by atoms with van der Waals surface area (Å²) in [5, 5.41) is 0. The fraction of sp³-hybridized carbons (Fsp3) is 0.625. The minimum atomic E-state index is -3.06. The highest BCUT2D eigenvalue weighted by Gasteiger charge is 2.42. The summed E-state index contributed by atoms with van der Waals surface area (Å²) in [6.45, 7) is 2.38. The lowest BCUT2D eigenvalue weighted by molar-refractivity contribution is -0.0815. The fourth-order valence-electron chi connectivity index (χ4n) is 5.18. The summed E-state index contributed by atoms with van der Waals surface area (Å²) < 4.78 is 63.8. The zero-order valence-electron chi connectivity index (χ0n) is 20.2. The third-order valence-electron chi connectivity index (χ3n) is 7.24. The molecule has 8 nitrogen and oxygen atoms in total. The molecule has 1 aliphatic carbocycles. The number of pyridine rings is 1. The van der Waals surface area contributed by atoms with Gasteiger partial charge in [0, 0.05) is 55.0 Å². The highest BCUT2D eigenvalue weighted by atomic mass is 19.3. The monoisotopic (exact) mass is 510 g/mol. The van der Waals surface area contributed by atoms with Gasteiger partial charge < -0.3 is 20.1 Å². The van der Waals surface area contributed by atoms with Gasteiger partial charge in [-0.3, -0.25) is 4.90 Å². The molecule has 0 spiro atoms. The molecule has 2 saturated heterocycles. The predicted molar refractivity (Wildman–Crippen MR) is 125 cm³/mol. The molecule has 3 aliphatic rings. The minimum Gasteiger partial charge on any atom is -0.431 e. The molecule has 5 rings (SSSR count). The summed E-state index contributed by atoms with van der Waals surface area (Å²) in [5.41, 5.74) is 7.21. The van der Waals surface area contributed by atoms with Gasteiger partial charge in [-0.2, -0.15) is 8.78 Å². The van der Waals surface area contributed by atoms with Crippen LogP contribution in [0, 0.1) is 0 Å². The van der Waals surface area contributed by atoms with Gasteiger partial charge in [-0.1, -0.05) is 0 Å². The van der Waals surface area contributed by atoms with E-state index in [-0.39, 0.29) is 42.5 Å². The number of aromatic nitrogens is 3. The summed E-state index contributed by atoms with van der Waals surface area (Å²) in [4.78, 5) is 17.1. The molecule has 2 aromatic heterocycles. The highest BCUT2D eigenvalue weighted by Crippen LogP contribution is 2.42. The minimum absolute atomic E-state index is 0.127. The number of rotatable bonds is 6. The Labute approximate surface area is 206 Å². The Morgan fingerprint density at radius 3 is 2.67 bits per heavy atom. The van der Waals surface area contributed by atoms with Gasteiger partial charge >= 0.3 is 6.61 Å². The molecule has 1 saturated carbocycles. The maximum absolute atomic E-state index is 14.0. The van der Waals surface area contributed by atoms with Gasteiger partial charge in [0.1, 0.15) is 0 Å². The summed E-state index contributed by atoms with van der Waals surface area (Å²) >= 11 is 0. The van der Waals surface area contributed by atoms with Crippen LogP contribution in [0.5, 0.6) is 5.75 Å². The van der Waals surface area contributed by atoms with Crippen LogP contribution in [0.4, 0.5) is 29.3 Å². The lowest BCUT2D eigenvalue weighted by Gasteiger charge is -2.48. The first-order valence-electron chi connectivity index (χ1n) is 12.2. The fourth-order valence-corrected chi connectivity index (χ4v) is 5.18. The molecule has 12 heteroatoms. The molecular formula is C24H30F4N6O2. The van der Waals surface area contributed by atoms with Crippen molar-refractivity contribution in [2.75, 3.05) is 36.9 Å². The maximum Gasteiger partial charge on any atom is 0.387 e. The lowest BCUT2D eigenvalue weighted by Crippen LogP contribution is -2.55. The lowest BCUT2D eigenvalue weighted by atomic mass is 9.76. The van der Waals surface area contributed by atoms with E-state index < -0.39 is 19.1 Å². The van der Waals surface area contributed by atoms with Crippen molar-refractivity contribution in [3.8, 4) is 17.0 Å². The van der Waals surface area contributed by atoms with E-state index in [2.05, 4.69) is 38.4 Å². The number of hydrogen-bond acceptors (Lipinski definition) is 8. The van der Waals surface area contributed by atoms with Crippen molar-refractivity contribution in [2.24, 2.45) is 0 Å². The number of morpholine rings is 1. The first kappa shape index (κ1) is 24.9. The van der Waals surface area contributed by atoms with Crippen LogP contribution in [0.15, 0.2) is 18.3 Å². The molecule has 0 radical (unpaired) electrons. The summed E-state index contributed by atoms with van der Waals surface area (Å²) in [6.07, 6.45) is 3.07. The van der Waals surface area contributed by atoms with Gasteiger partial charge in [-0.05, 0) is 38.8 Å². The maximum atomic E-state index is 14.0. The number of anilines is 2. The van der Waals surface area contributed by atoms with Crippen molar-refractivity contribution in [1.29, 1.82) is 0 Å². The van der Waals surface area contributed by atoms with E-state index in [1.807, 2.05) is 0 Å². The zero-order chi connectivity index (χ0) is 25.6. The van der Waals surface area contributed by atoms with Crippen LogP contribution in [0.3, 0.4) is 0 Å². The molecule has 0 unspecified atom stereocenters. The predicted octanol–water partition coefficient (Wildman–Crippen LogP) is 3.92. The first-order valence-corrected chi connectivity index (χ1v) is 12.2. The van der Waals surface area contributed by atoms with Gasteiger partial charge in [-0.25, -0.2) is 23.7 Å². The summed E-state index contributed by atoms with van der Waals surface area (Å²) in [5.74, 6) is -2.93. The Hall–Kier alpha value is -2.73. The number of ether oxygens (including phenoxy) is 2. The van der Waals surface area contributed by atoms with Gasteiger partial charge in [0.2, 0.25) is 5.95 Å². The van der Waals surface area contributed by atoms with Gasteiger partial charge in [-0.15, -0.1) is 0 Å². The Morgan fingerprint density at radius 1 is 1.19 bits per heavy atom. The van der Waals surface area contributed by atoms with Crippen LogP contribution >= 0.6 is 0 Å². The molecule has 2 aliphatic heterocycles. The van der Waals surface area contributed by atoms with E-state index in [4.69, 9.17) is 10.5 Å². The number of nitrogens with zero attached hydrogens (tertiary/aromatic N) is 5. The van der Waals surface area contributed by atoms with Crippen LogP contribution in [0.2, 0.25) is 0 Å². The molecule has 2 aromatic rings. The topological polar surface area (TPSA) is 89.6 Å². The third-order valence-corrected chi connectivity index (χ3v) is 7.24. The van der Waals surface area contributed by atoms with E-state index in [9.17, 15) is 17.6 Å². The molecule has 3 fully saturated rings. The van der Waals surface area contributed by atoms with Crippen LogP contribution < -0.4 is 15.4 Å². The van der Waals surface area contributed by atoms with Gasteiger partial charge in [0.15, 0.2) is 11.6 Å². The molecule has 0 aromatic carbocycles. The number of alkyl halides is 4. The molecule has 4 heterocycles. The van der Waals surface area contributed by atoms with Crippen molar-refractivity contribution in [2.45, 2.75) is 69.7 Å². The summed E-state index contributed by atoms with van der Waals surface area (Å²) in [6, 6.07) is 3.83. The average Bonchev–Trinajstić information content (AvgIpc) is 3.16. The molecule has 36 heavy (non-hydrogen) atoms. The standard InChI is InChI=1S/C24H30F4N6O2/c1-13-11-35-14(2)10-34(13)17-5-15(6-17)18-8-19(16-7-20(36-22(25)26)21(29)30-9-16)32-23(31-18)33-4-3-24(27,28)12-33/h7-9,13-15,17,22H,3-6,10-12H2,1-2H3,(H2,29,30)/t13-,14-,15?,17?/m0/s1. The summed E-state index contributed by atoms with van der Waals surface area (Å²) in [7, 11) is 0. The second kappa shape index (κ2) is 9.62. The van der Waals surface area contributed by atoms with E-state index in [0.717, 1.165) is 25.1 Å². The molecule has 2 N–H and O–H groups in total. The second-order valence-electron chi connectivity index (χ2n) is 10.0. The molecule has 0 amide bonds. The van der Waals surface area contributed by atoms with Crippen molar-refractivity contribution in [3.63, 3.8) is 0 Å². The normalized spacial score (nSPS) is 28.4. The van der Waals surface area contributed by atoms with Crippen LogP contribution in [-0.2, 0) is 4.74 Å². The number of nitrogens with two attached hydrogens (primary N) is 1. The molecule has 2 atom stereocenters. The zero-order valence-corrected chi connectivity index (χ0v) is 20.2. The van der Waals surface area contributed by atoms with Gasteiger partial charge in [0.25, 0.3) is 5.92 Å². The van der Waals surface area contributed by atoms with E-state index in [1.54, 1.807) is 6.07 Å². The van der Waals surface area contributed by atoms with Crippen molar-refractivity contribution < 1.29 is 27.0 Å². The number of halogens is 4. The van der Waals surface area contributed by atoms with E-state index in [1.165, 1.54) is 17.2 Å². The molecule has 196 valence electrons. The van der Waals surface area contributed by atoms with Crippen molar-refractivity contribution in [1.82, 2.24) is 19.9 Å². The van der Waals surface area contributed by atoms with Crippen LogP contribution in [0.1, 0.15) is 44.7 Å². The van der Waals surface area contributed by atoms with Gasteiger partial charge in [0.05, 0.1) is 24.9 Å². The Bertz CT molecular complexity index is 1100. The number of hydrogen-bond donors (Lipinski definition) is 1. The number of nitrogen functional groups attached to an aromatic ring is 1. The second-order valence-corrected chi connectivity index (χ2v) is 10.0. The SMILES string of the molecule is C[C@H]1CN(C2CC(c3cc(-c4cnc(N)c(OC(F)F)c4)nc(N4CCC(F)(F)C4)n3)C2)[C@@H](C)CO1. The molecule has 0 bridgehead atoms. The Morgan fingerprint density at radius 2 is 1.97 bits per heavy atom. The quantitative estimate of drug-likeness (QED) is 0.585. The largest absolute Gasteiger partial charge is 0.431 e. The third kappa shape index (κ3) is 5.19. The van der Waals surface area contributed by atoms with E-state index >= 15 is 0 Å². The van der Waals surface area contributed by atoms with E-state index in [0.29, 0.717) is 29.9 Å². The highest BCUT2D eigenvalue weighted by molar-refractivity contribution is 5.65. The van der Waals surface area contributed by atoms with Crippen molar-refractivity contribution >= 4 is 11.8 Å². The smallest absolute Gasteiger partial charge is 0.387 e. The molecular weight excluding hydrogens is 480 g/mol. The van der Waals surface area contributed by atoms with Crippen molar-refractivity contribution in [3.05, 3.63) is 24.0 Å².